The van der Waals surface area contributed by atoms with Gasteiger partial charge < -0.3 is 5.32 Å². The van der Waals surface area contributed by atoms with E-state index in [1.807, 2.05) is 7.05 Å². The Morgan fingerprint density at radius 3 is 2.12 bits per heavy atom. The summed E-state index contributed by atoms with van der Waals surface area (Å²) in [6, 6.07) is 7.41. The zero-order valence-electron chi connectivity index (χ0n) is 11.3. The molecule has 0 fully saturated rings. The Bertz CT molecular complexity index is 328. The zero-order chi connectivity index (χ0) is 12.1. The van der Waals surface area contributed by atoms with Crippen LogP contribution in [0.2, 0.25) is 0 Å². The maximum Gasteiger partial charge on any atom is 0.0340 e. The van der Waals surface area contributed by atoms with E-state index < -0.39 is 0 Å². The summed E-state index contributed by atoms with van der Waals surface area (Å²) in [6.45, 7) is 9.00. The van der Waals surface area contributed by atoms with Crippen LogP contribution in [0.25, 0.3) is 0 Å². The van der Waals surface area contributed by atoms with Crippen molar-refractivity contribution < 1.29 is 0 Å². The number of aryl methyl sites for hydroxylation is 2. The van der Waals surface area contributed by atoms with Gasteiger partial charge in [-0.1, -0.05) is 45.9 Å². The van der Waals surface area contributed by atoms with Crippen molar-refractivity contribution in [1.82, 2.24) is 5.32 Å². The average Bonchev–Trinajstić information content (AvgIpc) is 2.29. The van der Waals surface area contributed by atoms with Crippen molar-refractivity contribution in [3.05, 3.63) is 34.9 Å². The lowest BCUT2D eigenvalue weighted by molar-refractivity contribution is 0.443. The minimum atomic E-state index is 0.469. The SMILES string of the molecule is CCc1ccc(C(NC)C(C)C)cc1CC. The monoisotopic (exact) mass is 219 g/mol. The topological polar surface area (TPSA) is 12.0 Å². The molecule has 0 saturated carbocycles. The predicted molar refractivity (Wildman–Crippen MR) is 71.8 cm³/mol. The van der Waals surface area contributed by atoms with E-state index in [1.54, 1.807) is 0 Å². The summed E-state index contributed by atoms with van der Waals surface area (Å²) in [4.78, 5) is 0. The summed E-state index contributed by atoms with van der Waals surface area (Å²) >= 11 is 0. The zero-order valence-corrected chi connectivity index (χ0v) is 11.3. The number of hydrogen-bond acceptors (Lipinski definition) is 1. The highest BCUT2D eigenvalue weighted by atomic mass is 14.9. The standard InChI is InChI=1S/C15H25N/c1-6-12-8-9-14(10-13(12)7-2)15(16-5)11(3)4/h8-11,15-16H,6-7H2,1-5H3. The molecule has 1 N–H and O–H groups in total. The van der Waals surface area contributed by atoms with Crippen molar-refractivity contribution in [3.63, 3.8) is 0 Å². The Labute approximate surface area is 100 Å². The Balaban J connectivity index is 3.06. The molecule has 1 unspecified atom stereocenters. The maximum atomic E-state index is 3.41. The molecule has 1 aromatic carbocycles. The fraction of sp³-hybridized carbons (Fsp3) is 0.600. The second-order valence-corrected chi connectivity index (χ2v) is 4.75. The molecule has 1 heteroatoms. The van der Waals surface area contributed by atoms with Gasteiger partial charge in [0.15, 0.2) is 0 Å². The van der Waals surface area contributed by atoms with Crippen molar-refractivity contribution in [2.24, 2.45) is 5.92 Å². The Hall–Kier alpha value is -0.820. The molecule has 1 aromatic rings. The van der Waals surface area contributed by atoms with Crippen molar-refractivity contribution in [1.29, 1.82) is 0 Å². The van der Waals surface area contributed by atoms with Crippen LogP contribution in [0.5, 0.6) is 0 Å². The average molecular weight is 219 g/mol. The van der Waals surface area contributed by atoms with Gasteiger partial charge in [-0.3, -0.25) is 0 Å². The summed E-state index contributed by atoms with van der Waals surface area (Å²) in [5.41, 5.74) is 4.41. The molecule has 0 heterocycles. The third-order valence-corrected chi connectivity index (χ3v) is 3.33. The van der Waals surface area contributed by atoms with Crippen LogP contribution in [0.3, 0.4) is 0 Å². The molecule has 0 spiro atoms. The van der Waals surface area contributed by atoms with Crippen LogP contribution in [-0.2, 0) is 12.8 Å². The molecular formula is C15H25N. The fourth-order valence-corrected chi connectivity index (χ4v) is 2.40. The van der Waals surface area contributed by atoms with E-state index >= 15 is 0 Å². The van der Waals surface area contributed by atoms with E-state index in [0.717, 1.165) is 12.8 Å². The van der Waals surface area contributed by atoms with Crippen molar-refractivity contribution in [2.45, 2.75) is 46.6 Å². The van der Waals surface area contributed by atoms with E-state index in [2.05, 4.69) is 51.2 Å². The summed E-state index contributed by atoms with van der Waals surface area (Å²) in [5, 5.41) is 3.41. The maximum absolute atomic E-state index is 3.41. The smallest absolute Gasteiger partial charge is 0.0340 e. The molecule has 1 atom stereocenters. The number of benzene rings is 1. The predicted octanol–water partition coefficient (Wildman–Crippen LogP) is 3.73. The van der Waals surface area contributed by atoms with Gasteiger partial charge in [-0.2, -0.15) is 0 Å². The van der Waals surface area contributed by atoms with Crippen LogP contribution in [0.1, 0.15) is 50.4 Å². The van der Waals surface area contributed by atoms with Gasteiger partial charge in [-0.05, 0) is 42.5 Å². The summed E-state index contributed by atoms with van der Waals surface area (Å²) in [5.74, 6) is 0.627. The molecule has 0 bridgehead atoms. The second-order valence-electron chi connectivity index (χ2n) is 4.75. The van der Waals surface area contributed by atoms with E-state index in [-0.39, 0.29) is 0 Å². The molecule has 0 aromatic heterocycles. The third-order valence-electron chi connectivity index (χ3n) is 3.33. The first-order valence-electron chi connectivity index (χ1n) is 6.42. The lowest BCUT2D eigenvalue weighted by atomic mass is 9.92. The Morgan fingerprint density at radius 2 is 1.69 bits per heavy atom. The fourth-order valence-electron chi connectivity index (χ4n) is 2.40. The molecule has 0 aliphatic heterocycles. The second kappa shape index (κ2) is 6.05. The van der Waals surface area contributed by atoms with E-state index in [4.69, 9.17) is 0 Å². The van der Waals surface area contributed by atoms with Crippen molar-refractivity contribution in [2.75, 3.05) is 7.05 Å². The highest BCUT2D eigenvalue weighted by Crippen LogP contribution is 2.24. The van der Waals surface area contributed by atoms with Gasteiger partial charge in [0.25, 0.3) is 0 Å². The number of nitrogens with one attached hydrogen (secondary N) is 1. The number of hydrogen-bond donors (Lipinski definition) is 1. The van der Waals surface area contributed by atoms with E-state index in [0.29, 0.717) is 12.0 Å². The highest BCUT2D eigenvalue weighted by Gasteiger charge is 2.14. The summed E-state index contributed by atoms with van der Waals surface area (Å²) in [6.07, 6.45) is 2.26. The van der Waals surface area contributed by atoms with Crippen LogP contribution >= 0.6 is 0 Å². The molecule has 0 saturated heterocycles. The largest absolute Gasteiger partial charge is 0.313 e. The van der Waals surface area contributed by atoms with Gasteiger partial charge in [0.1, 0.15) is 0 Å². The van der Waals surface area contributed by atoms with Gasteiger partial charge in [0.2, 0.25) is 0 Å². The molecule has 1 nitrogen and oxygen atoms in total. The van der Waals surface area contributed by atoms with Crippen molar-refractivity contribution in [3.8, 4) is 0 Å². The first kappa shape index (κ1) is 13.2. The van der Waals surface area contributed by atoms with E-state index in [1.165, 1.54) is 16.7 Å². The quantitative estimate of drug-likeness (QED) is 0.795. The van der Waals surface area contributed by atoms with Gasteiger partial charge in [-0.25, -0.2) is 0 Å². The van der Waals surface area contributed by atoms with Crippen LogP contribution in [0.15, 0.2) is 18.2 Å². The Morgan fingerprint density at radius 1 is 1.06 bits per heavy atom. The summed E-state index contributed by atoms with van der Waals surface area (Å²) in [7, 11) is 2.05. The van der Waals surface area contributed by atoms with Gasteiger partial charge in [-0.15, -0.1) is 0 Å². The van der Waals surface area contributed by atoms with Crippen LogP contribution in [0.4, 0.5) is 0 Å². The third kappa shape index (κ3) is 2.85. The molecule has 1 rings (SSSR count). The molecule has 0 amide bonds. The molecule has 0 aliphatic rings. The minimum absolute atomic E-state index is 0.469. The Kier molecular flexibility index (Phi) is 5.01. The van der Waals surface area contributed by atoms with E-state index in [9.17, 15) is 0 Å². The lowest BCUT2D eigenvalue weighted by Crippen LogP contribution is -2.21. The normalized spacial score (nSPS) is 13.1. The summed E-state index contributed by atoms with van der Waals surface area (Å²) < 4.78 is 0. The molecule has 0 radical (unpaired) electrons. The van der Waals surface area contributed by atoms with Crippen LogP contribution in [0, 0.1) is 5.92 Å². The van der Waals surface area contributed by atoms with Crippen LogP contribution < -0.4 is 5.32 Å². The molecule has 0 aliphatic carbocycles. The van der Waals surface area contributed by atoms with Crippen LogP contribution in [-0.4, -0.2) is 7.05 Å². The highest BCUT2D eigenvalue weighted by molar-refractivity contribution is 5.34. The first-order chi connectivity index (χ1) is 7.63. The van der Waals surface area contributed by atoms with Gasteiger partial charge in [0, 0.05) is 6.04 Å². The molecule has 16 heavy (non-hydrogen) atoms. The first-order valence-corrected chi connectivity index (χ1v) is 6.42. The van der Waals surface area contributed by atoms with Gasteiger partial charge in [0.05, 0.1) is 0 Å². The molecule has 90 valence electrons. The van der Waals surface area contributed by atoms with Crippen molar-refractivity contribution >= 4 is 0 Å². The minimum Gasteiger partial charge on any atom is -0.313 e. The lowest BCUT2D eigenvalue weighted by Gasteiger charge is -2.22. The number of rotatable bonds is 5. The molecular weight excluding hydrogens is 194 g/mol. The van der Waals surface area contributed by atoms with Gasteiger partial charge >= 0.3 is 0 Å².